The zero-order valence-corrected chi connectivity index (χ0v) is 77.9. The molecule has 0 saturated carbocycles. The molecule has 2 spiro atoms. The van der Waals surface area contributed by atoms with Crippen molar-refractivity contribution in [1.82, 2.24) is 29.1 Å². The van der Waals surface area contributed by atoms with Crippen LogP contribution in [0.1, 0.15) is 106 Å². The Balaban J connectivity index is 0.580. The lowest BCUT2D eigenvalue weighted by Crippen LogP contribution is -2.32. The Morgan fingerprint density at radius 3 is 1.18 bits per heavy atom. The summed E-state index contributed by atoms with van der Waals surface area (Å²) in [7, 11) is 0. The highest BCUT2D eigenvalue weighted by molar-refractivity contribution is 6.20. The van der Waals surface area contributed by atoms with Crippen LogP contribution in [0.25, 0.3) is 190 Å². The molecule has 6 aliphatic rings. The molecule has 8 nitrogen and oxygen atoms in total. The first kappa shape index (κ1) is 79.9. The van der Waals surface area contributed by atoms with E-state index in [1.165, 1.54) is 111 Å². The fraction of sp³-hybridized carbons (Fsp3) is 0.0758. The van der Waals surface area contributed by atoms with Crippen molar-refractivity contribution in [3.05, 3.63) is 503 Å². The van der Waals surface area contributed by atoms with Crippen molar-refractivity contribution in [1.29, 1.82) is 0 Å². The van der Waals surface area contributed by atoms with Crippen LogP contribution in [0.2, 0.25) is 0 Å². The smallest absolute Gasteiger partial charge is 0.160 e. The predicted molar refractivity (Wildman–Crippen MR) is 569 cm³/mol. The number of aromatic nitrogens is 6. The second kappa shape index (κ2) is 29.5. The van der Waals surface area contributed by atoms with Gasteiger partial charge in [0.05, 0.1) is 55.7 Å². The van der Waals surface area contributed by atoms with Gasteiger partial charge in [0.15, 0.2) is 11.6 Å². The van der Waals surface area contributed by atoms with Gasteiger partial charge in [-0.1, -0.05) is 355 Å². The third-order valence-electron chi connectivity index (χ3n) is 31.6. The summed E-state index contributed by atoms with van der Waals surface area (Å²) in [6.07, 6.45) is 0. The number of fused-ring (bicyclic) bond motifs is 32. The Labute approximate surface area is 811 Å². The summed E-state index contributed by atoms with van der Waals surface area (Å²) < 4.78 is 19.2. The van der Waals surface area contributed by atoms with Gasteiger partial charge in [-0.15, -0.1) is 0 Å². The van der Waals surface area contributed by atoms with Gasteiger partial charge in [-0.25, -0.2) is 19.9 Å². The third kappa shape index (κ3) is 11.2. The SMILES string of the molecule is Cc1cc(C)cc(-n2c3ccc(-c4cc(-c5ccc6c(c5)-c5ccccc5C65c6ccccc6Oc6c(-c7ccc(-c8cc(-c9ccc%10c%11c%12c(ccc%11n(-c%11ccccc%11)c%10c9)C(C)(C)c9ccccc9-%12)nc(-c9ccc%10c(c9)-c9ccccc9C%109c%10ccccc%10Oc%10ccccc%109)n8)cc7)cccc65)nc(-c5ccc(-c6ccccc6)cc5)n4)cc3c3c4c(ccc32)C(C)(C)c2ccccc2-4)c1. The lowest BCUT2D eigenvalue weighted by atomic mass is 9.65. The van der Waals surface area contributed by atoms with Gasteiger partial charge in [-0.2, -0.15) is 0 Å². The van der Waals surface area contributed by atoms with Crippen LogP contribution in [-0.2, 0) is 21.7 Å². The number of rotatable bonds is 10. The number of hydrogen-bond acceptors (Lipinski definition) is 6. The number of nitrogens with zero attached hydrogens (tertiary/aromatic N) is 6. The molecule has 140 heavy (non-hydrogen) atoms. The third-order valence-corrected chi connectivity index (χ3v) is 31.6. The van der Waals surface area contributed by atoms with E-state index < -0.39 is 10.8 Å². The Kier molecular flexibility index (Phi) is 16.8. The molecule has 0 N–H and O–H groups in total. The molecule has 1 unspecified atom stereocenters. The largest absolute Gasteiger partial charge is 0.457 e. The highest BCUT2D eigenvalue weighted by Crippen LogP contribution is 2.67. The number of para-hydroxylation sites is 5. The highest BCUT2D eigenvalue weighted by Gasteiger charge is 2.54. The van der Waals surface area contributed by atoms with Crippen molar-refractivity contribution in [2.24, 2.45) is 0 Å². The van der Waals surface area contributed by atoms with Crippen LogP contribution < -0.4 is 9.47 Å². The maximum atomic E-state index is 7.50. The van der Waals surface area contributed by atoms with Crippen molar-refractivity contribution in [2.45, 2.75) is 63.2 Å². The fourth-order valence-corrected chi connectivity index (χ4v) is 25.5. The van der Waals surface area contributed by atoms with E-state index in [9.17, 15) is 0 Å². The van der Waals surface area contributed by atoms with Crippen molar-refractivity contribution < 1.29 is 9.47 Å². The van der Waals surface area contributed by atoms with E-state index >= 15 is 0 Å². The predicted octanol–water partition coefficient (Wildman–Crippen LogP) is 33.0. The highest BCUT2D eigenvalue weighted by atomic mass is 16.5. The number of ether oxygens (including phenoxy) is 2. The van der Waals surface area contributed by atoms with Gasteiger partial charge in [-0.05, 0) is 228 Å². The normalized spacial score (nSPS) is 15.0. The average molecular weight is 1790 g/mol. The topological polar surface area (TPSA) is 79.9 Å². The molecule has 1 atom stereocenters. The minimum atomic E-state index is -0.802. The van der Waals surface area contributed by atoms with Crippen LogP contribution in [0.4, 0.5) is 0 Å². The summed E-state index contributed by atoms with van der Waals surface area (Å²) in [5, 5.41) is 4.86. The molecule has 19 aromatic carbocycles. The summed E-state index contributed by atoms with van der Waals surface area (Å²) in [5.41, 5.74) is 44.9. The van der Waals surface area contributed by atoms with Crippen molar-refractivity contribution in [3.8, 4) is 169 Å². The summed E-state index contributed by atoms with van der Waals surface area (Å²) in [4.78, 5) is 22.8. The van der Waals surface area contributed by atoms with Crippen LogP contribution in [0, 0.1) is 13.8 Å². The Morgan fingerprint density at radius 2 is 0.593 bits per heavy atom. The summed E-state index contributed by atoms with van der Waals surface area (Å²) in [6, 6.07) is 156. The average Bonchev–Trinajstić information content (AvgIpc) is 1.52. The molecule has 4 aromatic heterocycles. The molecular formula is C132H88N6O2. The number of aryl methyl sites for hydroxylation is 2. The van der Waals surface area contributed by atoms with Gasteiger partial charge in [0.25, 0.3) is 0 Å². The fourth-order valence-electron chi connectivity index (χ4n) is 25.5. The van der Waals surface area contributed by atoms with E-state index in [0.29, 0.717) is 11.6 Å². The van der Waals surface area contributed by atoms with E-state index in [1.54, 1.807) is 0 Å². The Morgan fingerprint density at radius 1 is 0.214 bits per heavy atom. The van der Waals surface area contributed by atoms with E-state index in [1.807, 2.05) is 0 Å². The minimum absolute atomic E-state index is 0.181. The summed E-state index contributed by atoms with van der Waals surface area (Å²) in [6.45, 7) is 13.9. The van der Waals surface area contributed by atoms with Crippen LogP contribution in [0.3, 0.4) is 0 Å². The molecule has 29 rings (SSSR count). The lowest BCUT2D eigenvalue weighted by Gasteiger charge is -2.40. The molecule has 2 aliphatic heterocycles. The monoisotopic (exact) mass is 1790 g/mol. The van der Waals surface area contributed by atoms with E-state index in [4.69, 9.17) is 29.4 Å². The van der Waals surface area contributed by atoms with E-state index in [2.05, 4.69) is 475 Å². The standard InChI is InChI=1S/C132H88N6O2/c1-77-68-78(2)70-89(69-77)138-115-65-59-85(72-98(115)125-117(138)67-64-109-123(125)94-35-16-18-38-100(94)130(109,5)6)113-76-112(134-127(135-113)83-54-48-80(49-55-83)79-28-9-7-10-29-79)84-57-61-104-96(71-84)91-32-14-20-40-102(91)132(104)107-43-23-26-47-121(107)140-126-90(36-27-44-110(126)132)81-50-52-82(53-51-81)111-75-114(86-56-60-95-118(74-86)137(88-30-11-8-12-31-88)116-66-63-108-122(124(95)116)93-34-15-17-37-99(93)129(108,3)4)136-128(133-111)87-58-62-103-97(73-87)92-33-13-19-39-101(92)131(103)105-41-21-24-45-119(105)139-120-46-25-22-42-106(120)131/h7-76H,1-6H3. The van der Waals surface area contributed by atoms with Crippen LogP contribution in [0.5, 0.6) is 23.0 Å². The quantitative estimate of drug-likeness (QED) is 0.136. The van der Waals surface area contributed by atoms with E-state index in [0.717, 1.165) is 168 Å². The van der Waals surface area contributed by atoms with Gasteiger partial charge < -0.3 is 18.6 Å². The van der Waals surface area contributed by atoms with Gasteiger partial charge in [0, 0.05) is 105 Å². The second-order valence-electron chi connectivity index (χ2n) is 39.9. The van der Waals surface area contributed by atoms with Crippen molar-refractivity contribution in [3.63, 3.8) is 0 Å². The first-order valence-corrected chi connectivity index (χ1v) is 48.6. The molecule has 0 radical (unpaired) electrons. The maximum Gasteiger partial charge on any atom is 0.160 e. The zero-order chi connectivity index (χ0) is 92.9. The number of benzene rings is 19. The zero-order valence-electron chi connectivity index (χ0n) is 77.9. The molecule has 0 fully saturated rings. The molecule has 0 amide bonds. The first-order chi connectivity index (χ1) is 68.7. The molecule has 23 aromatic rings. The van der Waals surface area contributed by atoms with Crippen molar-refractivity contribution in [2.75, 3.05) is 0 Å². The summed E-state index contributed by atoms with van der Waals surface area (Å²) >= 11 is 0. The molecule has 8 heteroatoms. The van der Waals surface area contributed by atoms with Gasteiger partial charge >= 0.3 is 0 Å². The first-order valence-electron chi connectivity index (χ1n) is 48.6. The van der Waals surface area contributed by atoms with Crippen LogP contribution in [0.15, 0.2) is 425 Å². The molecule has 0 bridgehead atoms. The van der Waals surface area contributed by atoms with Gasteiger partial charge in [-0.3, -0.25) is 0 Å². The molecular weight excluding hydrogens is 1700 g/mol. The second-order valence-corrected chi connectivity index (χ2v) is 39.9. The molecule has 658 valence electrons. The molecule has 6 heterocycles. The lowest BCUT2D eigenvalue weighted by molar-refractivity contribution is 0.436. The Bertz CT molecular complexity index is 9270. The van der Waals surface area contributed by atoms with Gasteiger partial charge in [0.2, 0.25) is 0 Å². The maximum absolute atomic E-state index is 7.50. The number of hydrogen-bond donors (Lipinski definition) is 0. The van der Waals surface area contributed by atoms with Crippen LogP contribution in [-0.4, -0.2) is 29.1 Å². The van der Waals surface area contributed by atoms with Crippen molar-refractivity contribution >= 4 is 43.6 Å². The van der Waals surface area contributed by atoms with Gasteiger partial charge in [0.1, 0.15) is 23.0 Å². The minimum Gasteiger partial charge on any atom is -0.457 e. The summed E-state index contributed by atoms with van der Waals surface area (Å²) in [5.74, 6) is 4.58. The van der Waals surface area contributed by atoms with Crippen LogP contribution >= 0.6 is 0 Å². The molecule has 0 saturated heterocycles. The van der Waals surface area contributed by atoms with E-state index in [-0.39, 0.29) is 10.8 Å². The Hall–Kier alpha value is -17.5. The molecule has 4 aliphatic carbocycles.